The summed E-state index contributed by atoms with van der Waals surface area (Å²) in [7, 11) is 0. The first-order chi connectivity index (χ1) is 23.1. The molecule has 13 heteroatoms. The van der Waals surface area contributed by atoms with Crippen molar-refractivity contribution in [3.63, 3.8) is 0 Å². The van der Waals surface area contributed by atoms with E-state index in [1.807, 2.05) is 63.4 Å². The van der Waals surface area contributed by atoms with Crippen molar-refractivity contribution in [2.24, 2.45) is 0 Å². The summed E-state index contributed by atoms with van der Waals surface area (Å²) in [6, 6.07) is 16.2. The van der Waals surface area contributed by atoms with Gasteiger partial charge in [0.1, 0.15) is 5.75 Å². The van der Waals surface area contributed by atoms with Gasteiger partial charge < -0.3 is 13.1 Å². The molecular formula is C35H44N6O5S2. The monoisotopic (exact) mass is 692 g/mol. The third kappa shape index (κ3) is 8.75. The van der Waals surface area contributed by atoms with Crippen molar-refractivity contribution >= 4 is 39.6 Å². The number of aryl methyl sites for hydroxylation is 4. The molecule has 0 saturated heterocycles. The third-order valence-corrected chi connectivity index (χ3v) is 9.38. The van der Waals surface area contributed by atoms with Gasteiger partial charge in [0.2, 0.25) is 0 Å². The van der Waals surface area contributed by atoms with Crippen molar-refractivity contribution in [2.45, 2.75) is 80.1 Å². The fourth-order valence-electron chi connectivity index (χ4n) is 5.62. The molecule has 0 fully saturated rings. The number of rotatable bonds is 17. The number of nitrogens with zero attached hydrogens (tertiary/aromatic N) is 3. The van der Waals surface area contributed by atoms with Crippen LogP contribution in [0.1, 0.15) is 73.4 Å². The van der Waals surface area contributed by atoms with Gasteiger partial charge in [0, 0.05) is 23.4 Å². The zero-order chi connectivity index (χ0) is 34.2. The van der Waals surface area contributed by atoms with Crippen molar-refractivity contribution < 1.29 is 21.5 Å². The lowest BCUT2D eigenvalue weighted by Gasteiger charge is -2.17. The van der Waals surface area contributed by atoms with Crippen LogP contribution in [0.3, 0.4) is 0 Å². The maximum Gasteiger partial charge on any atom is 0.316 e. The Bertz CT molecular complexity index is 1920. The molecule has 5 rings (SSSR count). The van der Waals surface area contributed by atoms with Gasteiger partial charge in [-0.2, -0.15) is 8.42 Å². The molecule has 48 heavy (non-hydrogen) atoms. The molecule has 0 aliphatic heterocycles. The maximum absolute atomic E-state index is 13.2. The first-order valence-electron chi connectivity index (χ1n) is 16.2. The van der Waals surface area contributed by atoms with E-state index >= 15 is 0 Å². The first-order valence-corrected chi connectivity index (χ1v) is 18.4. The Morgan fingerprint density at radius 3 is 2.38 bits per heavy atom. The lowest BCUT2D eigenvalue weighted by Crippen LogP contribution is -2.14. The van der Waals surface area contributed by atoms with Crippen LogP contribution in [0.2, 0.25) is 0 Å². The SMILES string of the molecule is CCCCCCCCOc1ccc(C)cc1OS(=O)Nc1cccc(OS(=O)Nc2c(C)cc(C)c(-c3nnc4cc(C)[nH]n34)c2C)c1. The number of aromatic amines is 1. The predicted octanol–water partition coefficient (Wildman–Crippen LogP) is 8.15. The molecular weight excluding hydrogens is 649 g/mol. The summed E-state index contributed by atoms with van der Waals surface area (Å²) in [5.74, 6) is 1.92. The molecule has 0 spiro atoms. The molecule has 0 saturated carbocycles. The largest absolute Gasteiger partial charge is 0.490 e. The molecule has 2 aromatic heterocycles. The Labute approximate surface area is 287 Å². The standard InChI is InChI=1S/C35H44N6O5S2/c1-7-8-9-10-11-12-18-44-30-17-16-23(2)19-31(30)46-47(42)39-28-14-13-15-29(22-28)45-48(43)40-34-25(4)20-24(3)33(27(34)6)35-37-36-32-21-26(5)38-41(32)35/h13-17,19-22,38-40H,7-12,18H2,1-6H3. The van der Waals surface area contributed by atoms with Crippen molar-refractivity contribution in [3.05, 3.63) is 82.5 Å². The fourth-order valence-corrected chi connectivity index (χ4v) is 7.07. The van der Waals surface area contributed by atoms with E-state index in [-0.39, 0.29) is 0 Å². The van der Waals surface area contributed by atoms with E-state index in [0.29, 0.717) is 41.1 Å². The second-order valence-corrected chi connectivity index (χ2v) is 13.7. The summed E-state index contributed by atoms with van der Waals surface area (Å²) >= 11 is -3.88. The average molecular weight is 693 g/mol. The highest BCUT2D eigenvalue weighted by atomic mass is 32.2. The number of aromatic nitrogens is 4. The Morgan fingerprint density at radius 1 is 0.792 bits per heavy atom. The molecule has 0 radical (unpaired) electrons. The van der Waals surface area contributed by atoms with Gasteiger partial charge in [0.25, 0.3) is 0 Å². The van der Waals surface area contributed by atoms with Crippen LogP contribution in [0.15, 0.2) is 54.6 Å². The molecule has 3 N–H and O–H groups in total. The first kappa shape index (κ1) is 35.0. The topological polar surface area (TPSA) is 132 Å². The summed E-state index contributed by atoms with van der Waals surface area (Å²) < 4.78 is 51.4. The van der Waals surface area contributed by atoms with E-state index < -0.39 is 22.5 Å². The summed E-state index contributed by atoms with van der Waals surface area (Å²) in [6.07, 6.45) is 6.98. The zero-order valence-corrected chi connectivity index (χ0v) is 30.0. The van der Waals surface area contributed by atoms with Gasteiger partial charge in [0.05, 0.1) is 18.0 Å². The molecule has 0 aliphatic carbocycles. The predicted molar refractivity (Wildman–Crippen MR) is 193 cm³/mol. The number of hydrogen-bond donors (Lipinski definition) is 3. The van der Waals surface area contributed by atoms with Gasteiger partial charge in [-0.25, -0.2) is 4.52 Å². The molecule has 0 aliphatic rings. The van der Waals surface area contributed by atoms with E-state index in [1.165, 1.54) is 25.7 Å². The van der Waals surface area contributed by atoms with Crippen molar-refractivity contribution in [3.8, 4) is 28.6 Å². The summed E-state index contributed by atoms with van der Waals surface area (Å²) in [5.41, 5.74) is 7.45. The number of H-pyrrole nitrogens is 1. The van der Waals surface area contributed by atoms with E-state index in [9.17, 15) is 8.42 Å². The van der Waals surface area contributed by atoms with Crippen LogP contribution >= 0.6 is 0 Å². The lowest BCUT2D eigenvalue weighted by atomic mass is 9.97. The van der Waals surface area contributed by atoms with Gasteiger partial charge in [0.15, 0.2) is 23.0 Å². The molecule has 2 heterocycles. The summed E-state index contributed by atoms with van der Waals surface area (Å²) in [6.45, 7) is 12.6. The number of hydrogen-bond acceptors (Lipinski definition) is 7. The van der Waals surface area contributed by atoms with Crippen LogP contribution in [0.25, 0.3) is 17.0 Å². The lowest BCUT2D eigenvalue weighted by molar-refractivity contribution is 0.296. The van der Waals surface area contributed by atoms with E-state index in [0.717, 1.165) is 52.0 Å². The van der Waals surface area contributed by atoms with E-state index in [2.05, 4.69) is 31.7 Å². The smallest absolute Gasteiger partial charge is 0.316 e. The van der Waals surface area contributed by atoms with Crippen molar-refractivity contribution in [1.82, 2.24) is 19.8 Å². The Balaban J connectivity index is 1.21. The van der Waals surface area contributed by atoms with Gasteiger partial charge >= 0.3 is 22.5 Å². The highest BCUT2D eigenvalue weighted by Crippen LogP contribution is 2.35. The van der Waals surface area contributed by atoms with Crippen LogP contribution in [0.5, 0.6) is 17.2 Å². The Hall–Kier alpha value is -4.36. The highest BCUT2D eigenvalue weighted by molar-refractivity contribution is 7.82. The fraction of sp³-hybridized carbons (Fsp3) is 0.371. The number of nitrogens with one attached hydrogen (secondary N) is 3. The van der Waals surface area contributed by atoms with Crippen molar-refractivity contribution in [2.75, 3.05) is 16.1 Å². The minimum Gasteiger partial charge on any atom is -0.490 e. The molecule has 3 aromatic carbocycles. The minimum atomic E-state index is -1.94. The number of unbranched alkanes of at least 4 members (excludes halogenated alkanes) is 5. The van der Waals surface area contributed by atoms with E-state index in [4.69, 9.17) is 13.1 Å². The molecule has 2 atom stereocenters. The van der Waals surface area contributed by atoms with Gasteiger partial charge in [-0.1, -0.05) is 57.2 Å². The second kappa shape index (κ2) is 16.2. The number of benzene rings is 3. The number of ether oxygens (including phenoxy) is 1. The van der Waals surface area contributed by atoms with Crippen molar-refractivity contribution in [1.29, 1.82) is 0 Å². The summed E-state index contributed by atoms with van der Waals surface area (Å²) in [5, 5.41) is 12.0. The Kier molecular flexibility index (Phi) is 11.8. The summed E-state index contributed by atoms with van der Waals surface area (Å²) in [4.78, 5) is 0. The zero-order valence-electron chi connectivity index (χ0n) is 28.3. The molecule has 2 unspecified atom stereocenters. The van der Waals surface area contributed by atoms with Crippen LogP contribution < -0.4 is 22.5 Å². The molecule has 11 nitrogen and oxygen atoms in total. The van der Waals surface area contributed by atoms with Gasteiger partial charge in [-0.05, 0) is 87.6 Å². The quantitative estimate of drug-likeness (QED) is 0.0839. The number of anilines is 2. The molecule has 0 amide bonds. The van der Waals surface area contributed by atoms with Crippen LogP contribution in [-0.2, 0) is 22.5 Å². The molecule has 256 valence electrons. The van der Waals surface area contributed by atoms with Crippen LogP contribution in [-0.4, -0.2) is 34.8 Å². The Morgan fingerprint density at radius 2 is 1.56 bits per heavy atom. The van der Waals surface area contributed by atoms with E-state index in [1.54, 1.807) is 30.3 Å². The molecule has 0 bridgehead atoms. The van der Waals surface area contributed by atoms with Crippen LogP contribution in [0, 0.1) is 34.6 Å². The van der Waals surface area contributed by atoms with Gasteiger partial charge in [-0.15, -0.1) is 10.2 Å². The highest BCUT2D eigenvalue weighted by Gasteiger charge is 2.20. The minimum absolute atomic E-state index is 0.310. The van der Waals surface area contributed by atoms with Gasteiger partial charge in [-0.3, -0.25) is 14.5 Å². The average Bonchev–Trinajstić information content (AvgIpc) is 3.59. The maximum atomic E-state index is 13.2. The normalized spacial score (nSPS) is 12.5. The third-order valence-electron chi connectivity index (χ3n) is 7.93. The second-order valence-electron chi connectivity index (χ2n) is 12.0. The van der Waals surface area contributed by atoms with Crippen LogP contribution in [0.4, 0.5) is 11.4 Å². The molecule has 5 aromatic rings. The number of fused-ring (bicyclic) bond motifs is 1.